The summed E-state index contributed by atoms with van der Waals surface area (Å²) < 4.78 is 0. The van der Waals surface area contributed by atoms with Gasteiger partial charge in [-0.1, -0.05) is 29.8 Å². The third-order valence-corrected chi connectivity index (χ3v) is 3.59. The van der Waals surface area contributed by atoms with E-state index in [1.807, 2.05) is 13.0 Å². The third kappa shape index (κ3) is 3.24. The van der Waals surface area contributed by atoms with Crippen LogP contribution in [0.5, 0.6) is 0 Å². The van der Waals surface area contributed by atoms with E-state index in [1.165, 1.54) is 11.1 Å². The maximum Gasteiger partial charge on any atom is 0.0967 e. The number of anilines is 1. The van der Waals surface area contributed by atoms with Crippen LogP contribution < -0.4 is 5.73 Å². The first kappa shape index (κ1) is 12.0. The quantitative estimate of drug-likeness (QED) is 0.839. The second kappa shape index (κ2) is 5.23. The minimum atomic E-state index is 0.755. The van der Waals surface area contributed by atoms with E-state index in [0.717, 1.165) is 22.0 Å². The molecule has 2 nitrogen and oxygen atoms in total. The van der Waals surface area contributed by atoms with Gasteiger partial charge in [-0.3, -0.25) is 0 Å². The number of nitrogen functional groups attached to an aromatic ring is 1. The van der Waals surface area contributed by atoms with Gasteiger partial charge in [0.1, 0.15) is 0 Å². The van der Waals surface area contributed by atoms with Crippen LogP contribution in [-0.2, 0) is 5.75 Å². The van der Waals surface area contributed by atoms with Gasteiger partial charge in [-0.15, -0.1) is 11.8 Å². The predicted molar refractivity (Wildman–Crippen MR) is 74.1 cm³/mol. The van der Waals surface area contributed by atoms with E-state index < -0.39 is 0 Å². The van der Waals surface area contributed by atoms with Gasteiger partial charge in [0.2, 0.25) is 0 Å². The molecule has 0 saturated heterocycles. The Kier molecular flexibility index (Phi) is 3.69. The number of hydrogen-bond acceptors (Lipinski definition) is 3. The van der Waals surface area contributed by atoms with Crippen LogP contribution in [0.4, 0.5) is 5.69 Å². The van der Waals surface area contributed by atoms with E-state index in [-0.39, 0.29) is 0 Å². The Morgan fingerprint density at radius 1 is 1.24 bits per heavy atom. The van der Waals surface area contributed by atoms with Gasteiger partial charge in [0.25, 0.3) is 0 Å². The zero-order chi connectivity index (χ0) is 12.3. The van der Waals surface area contributed by atoms with Crippen LogP contribution in [0.2, 0.25) is 0 Å². The second-order valence-electron chi connectivity index (χ2n) is 4.16. The first-order valence-corrected chi connectivity index (χ1v) is 6.54. The Bertz CT molecular complexity index is 523. The molecule has 0 aliphatic carbocycles. The lowest BCUT2D eigenvalue weighted by atomic mass is 10.2. The number of hydrogen-bond donors (Lipinski definition) is 1. The minimum Gasteiger partial charge on any atom is -0.397 e. The Morgan fingerprint density at radius 3 is 2.76 bits per heavy atom. The molecule has 3 heteroatoms. The van der Waals surface area contributed by atoms with E-state index in [4.69, 9.17) is 5.73 Å². The molecule has 0 atom stereocenters. The van der Waals surface area contributed by atoms with Crippen molar-refractivity contribution in [3.05, 3.63) is 53.2 Å². The van der Waals surface area contributed by atoms with Gasteiger partial charge < -0.3 is 5.73 Å². The van der Waals surface area contributed by atoms with Crippen LogP contribution in [0.1, 0.15) is 16.7 Å². The molecule has 0 aliphatic heterocycles. The van der Waals surface area contributed by atoms with Crippen molar-refractivity contribution >= 4 is 17.4 Å². The average Bonchev–Trinajstić information content (AvgIpc) is 2.31. The van der Waals surface area contributed by atoms with Crippen molar-refractivity contribution in [1.82, 2.24) is 4.98 Å². The molecule has 0 unspecified atom stereocenters. The lowest BCUT2D eigenvalue weighted by Crippen LogP contribution is -1.92. The van der Waals surface area contributed by atoms with E-state index in [9.17, 15) is 0 Å². The zero-order valence-electron chi connectivity index (χ0n) is 10.1. The summed E-state index contributed by atoms with van der Waals surface area (Å²) in [6.07, 6.45) is 1.73. The molecule has 0 bridgehead atoms. The molecular formula is C14H16N2S. The monoisotopic (exact) mass is 244 g/mol. The summed E-state index contributed by atoms with van der Waals surface area (Å²) in [6.45, 7) is 4.12. The summed E-state index contributed by atoms with van der Waals surface area (Å²) in [6, 6.07) is 10.6. The maximum absolute atomic E-state index is 5.74. The molecule has 17 heavy (non-hydrogen) atoms. The third-order valence-electron chi connectivity index (χ3n) is 2.60. The lowest BCUT2D eigenvalue weighted by Gasteiger charge is -2.04. The number of nitrogens with two attached hydrogens (primary N) is 1. The largest absolute Gasteiger partial charge is 0.397 e. The van der Waals surface area contributed by atoms with Crippen LogP contribution in [0.25, 0.3) is 0 Å². The number of pyridine rings is 1. The molecular weight excluding hydrogens is 228 g/mol. The van der Waals surface area contributed by atoms with Gasteiger partial charge in [0.05, 0.1) is 16.9 Å². The predicted octanol–water partition coefficient (Wildman–Crippen LogP) is 3.57. The van der Waals surface area contributed by atoms with Crippen LogP contribution in [-0.4, -0.2) is 4.98 Å². The highest BCUT2D eigenvalue weighted by Gasteiger charge is 2.00. The van der Waals surface area contributed by atoms with Gasteiger partial charge in [-0.05, 0) is 31.0 Å². The molecule has 1 heterocycles. The molecule has 1 aromatic heterocycles. The maximum atomic E-state index is 5.74. The number of thioether (sulfide) groups is 1. The number of benzene rings is 1. The Balaban J connectivity index is 2.05. The molecule has 2 N–H and O–H groups in total. The molecule has 0 spiro atoms. The highest BCUT2D eigenvalue weighted by Crippen LogP contribution is 2.23. The van der Waals surface area contributed by atoms with Crippen LogP contribution in [0.3, 0.4) is 0 Å². The second-order valence-corrected chi connectivity index (χ2v) is 5.15. The molecule has 0 radical (unpaired) electrons. The standard InChI is InChI=1S/C14H16N2S/c1-10-4-3-5-12(6-10)9-17-14-7-11(2)13(15)8-16-14/h3-8H,9,15H2,1-2H3. The van der Waals surface area contributed by atoms with Gasteiger partial charge >= 0.3 is 0 Å². The van der Waals surface area contributed by atoms with Gasteiger partial charge in [0.15, 0.2) is 0 Å². The van der Waals surface area contributed by atoms with Crippen molar-refractivity contribution in [2.24, 2.45) is 0 Å². The Morgan fingerprint density at radius 2 is 2.06 bits per heavy atom. The molecule has 0 saturated carbocycles. The van der Waals surface area contributed by atoms with Crippen molar-refractivity contribution in [2.45, 2.75) is 24.6 Å². The molecule has 1 aromatic carbocycles. The van der Waals surface area contributed by atoms with Crippen molar-refractivity contribution in [3.63, 3.8) is 0 Å². The number of nitrogens with zero attached hydrogens (tertiary/aromatic N) is 1. The highest BCUT2D eigenvalue weighted by atomic mass is 32.2. The van der Waals surface area contributed by atoms with Crippen LogP contribution in [0.15, 0.2) is 41.6 Å². The fraction of sp³-hybridized carbons (Fsp3) is 0.214. The van der Waals surface area contributed by atoms with E-state index in [0.29, 0.717) is 0 Å². The smallest absolute Gasteiger partial charge is 0.0967 e. The van der Waals surface area contributed by atoms with E-state index >= 15 is 0 Å². The van der Waals surface area contributed by atoms with Crippen molar-refractivity contribution in [3.8, 4) is 0 Å². The Labute approximate surface area is 106 Å². The van der Waals surface area contributed by atoms with Crippen LogP contribution in [0, 0.1) is 13.8 Å². The number of aryl methyl sites for hydroxylation is 2. The molecule has 2 aromatic rings. The summed E-state index contributed by atoms with van der Waals surface area (Å²) in [5, 5.41) is 1.03. The van der Waals surface area contributed by atoms with Crippen molar-refractivity contribution < 1.29 is 0 Å². The first-order valence-electron chi connectivity index (χ1n) is 5.55. The summed E-state index contributed by atoms with van der Waals surface area (Å²) in [5.74, 6) is 0.942. The zero-order valence-corrected chi connectivity index (χ0v) is 10.9. The fourth-order valence-electron chi connectivity index (χ4n) is 1.58. The first-order chi connectivity index (χ1) is 8.15. The van der Waals surface area contributed by atoms with Crippen molar-refractivity contribution in [1.29, 1.82) is 0 Å². The average molecular weight is 244 g/mol. The van der Waals surface area contributed by atoms with Crippen LogP contribution >= 0.6 is 11.8 Å². The molecule has 0 amide bonds. The minimum absolute atomic E-state index is 0.755. The topological polar surface area (TPSA) is 38.9 Å². The fourth-order valence-corrected chi connectivity index (χ4v) is 2.46. The summed E-state index contributed by atoms with van der Waals surface area (Å²) in [4.78, 5) is 4.31. The van der Waals surface area contributed by atoms with E-state index in [2.05, 4.69) is 36.2 Å². The van der Waals surface area contributed by atoms with Gasteiger partial charge in [-0.2, -0.15) is 0 Å². The molecule has 2 rings (SSSR count). The number of aromatic nitrogens is 1. The summed E-state index contributed by atoms with van der Waals surface area (Å²) >= 11 is 1.74. The molecule has 0 fully saturated rings. The summed E-state index contributed by atoms with van der Waals surface area (Å²) in [5.41, 5.74) is 10.2. The highest BCUT2D eigenvalue weighted by molar-refractivity contribution is 7.98. The Hall–Kier alpha value is -1.48. The van der Waals surface area contributed by atoms with Gasteiger partial charge in [0, 0.05) is 5.75 Å². The SMILES string of the molecule is Cc1cccc(CSc2cc(C)c(N)cn2)c1. The van der Waals surface area contributed by atoms with Gasteiger partial charge in [-0.25, -0.2) is 4.98 Å². The van der Waals surface area contributed by atoms with Crippen molar-refractivity contribution in [2.75, 3.05) is 5.73 Å². The normalized spacial score (nSPS) is 10.5. The molecule has 0 aliphatic rings. The lowest BCUT2D eigenvalue weighted by molar-refractivity contribution is 1.11. The number of rotatable bonds is 3. The summed E-state index contributed by atoms with van der Waals surface area (Å²) in [7, 11) is 0. The van der Waals surface area contributed by atoms with E-state index in [1.54, 1.807) is 18.0 Å². The molecule has 88 valence electrons.